The molecular weight excluding hydrogens is 514 g/mol. The molecule has 0 atom stereocenters. The number of rotatable bonds is 11. The van der Waals surface area contributed by atoms with E-state index in [1.165, 1.54) is 4.80 Å². The van der Waals surface area contributed by atoms with E-state index >= 15 is 0 Å². The van der Waals surface area contributed by atoms with Crippen LogP contribution in [-0.2, 0) is 27.1 Å². The Morgan fingerprint density at radius 2 is 1.51 bits per heavy atom. The molecule has 0 bridgehead atoms. The lowest BCUT2D eigenvalue weighted by molar-refractivity contribution is -0.470. The number of tetrazole rings is 1. The fourth-order valence-corrected chi connectivity index (χ4v) is 5.77. The van der Waals surface area contributed by atoms with E-state index in [0.717, 1.165) is 55.6 Å². The number of carbonyl (C=O) groups excluding carboxylic acids is 1. The lowest BCUT2D eigenvalue weighted by Gasteiger charge is -2.41. The summed E-state index contributed by atoms with van der Waals surface area (Å²) in [6, 6.07) is 31.3. The van der Waals surface area contributed by atoms with Gasteiger partial charge in [-0.25, -0.2) is 4.58 Å². The minimum atomic E-state index is -0.639. The summed E-state index contributed by atoms with van der Waals surface area (Å²) in [6.07, 6.45) is 4.23. The maximum atomic E-state index is 11.5. The minimum absolute atomic E-state index is 0.0883. The number of likely N-dealkylation sites (tertiary alicyclic amines) is 1. The Bertz CT molecular complexity index is 1400. The van der Waals surface area contributed by atoms with E-state index in [-0.39, 0.29) is 6.54 Å². The SMILES string of the molecule is C[N+](C)=COC(CCN1CCC(c2ccccc2)(c2nnn(CC(N)=O)n2)CC1)(c1ccccc1)c1ccccc1. The predicted molar refractivity (Wildman–Crippen MR) is 157 cm³/mol. The van der Waals surface area contributed by atoms with Gasteiger partial charge in [0.05, 0.1) is 5.41 Å². The van der Waals surface area contributed by atoms with Crippen molar-refractivity contribution in [3.8, 4) is 0 Å². The van der Waals surface area contributed by atoms with Crippen LogP contribution in [0.1, 0.15) is 41.8 Å². The maximum Gasteiger partial charge on any atom is 0.324 e. The number of amides is 1. The minimum Gasteiger partial charge on any atom is -0.434 e. The van der Waals surface area contributed by atoms with Gasteiger partial charge in [0.1, 0.15) is 20.6 Å². The third-order valence-corrected chi connectivity index (χ3v) is 7.94. The van der Waals surface area contributed by atoms with Crippen LogP contribution in [0.15, 0.2) is 91.0 Å². The van der Waals surface area contributed by atoms with E-state index in [0.29, 0.717) is 5.82 Å². The smallest absolute Gasteiger partial charge is 0.324 e. The summed E-state index contributed by atoms with van der Waals surface area (Å²) in [7, 11) is 3.95. The van der Waals surface area contributed by atoms with Crippen molar-refractivity contribution in [2.75, 3.05) is 33.7 Å². The molecule has 1 aliphatic heterocycles. The highest BCUT2D eigenvalue weighted by Crippen LogP contribution is 2.41. The second kappa shape index (κ2) is 12.4. The van der Waals surface area contributed by atoms with Gasteiger partial charge in [0.25, 0.3) is 0 Å². The number of primary amides is 1. The van der Waals surface area contributed by atoms with Crippen molar-refractivity contribution >= 4 is 12.3 Å². The molecule has 9 heteroatoms. The summed E-state index contributed by atoms with van der Waals surface area (Å²) in [5, 5.41) is 13.1. The standard InChI is InChI=1S/C32H37N7O2/c1-37(2)25-41-32(27-14-8-4-9-15-27,28-16-10-5-11-17-28)20-23-38-21-18-31(19-22-38,26-12-6-3-7-13-26)30-34-36-39(35-30)24-29(33)40/h3-17,25H,18-24H2,1-2H3,(H-,33,40)/p+1. The highest BCUT2D eigenvalue weighted by Gasteiger charge is 2.43. The van der Waals surface area contributed by atoms with Crippen LogP contribution in [0, 0.1) is 0 Å². The fraction of sp³-hybridized carbons (Fsp3) is 0.344. The van der Waals surface area contributed by atoms with Crippen molar-refractivity contribution in [3.63, 3.8) is 0 Å². The molecule has 0 saturated carbocycles. The first-order valence-electron chi connectivity index (χ1n) is 14.0. The molecule has 0 radical (unpaired) electrons. The average molecular weight is 553 g/mol. The summed E-state index contributed by atoms with van der Waals surface area (Å²) in [5.74, 6) is 0.142. The van der Waals surface area contributed by atoms with Crippen LogP contribution in [0.2, 0.25) is 0 Å². The third-order valence-electron chi connectivity index (χ3n) is 7.94. The Kier molecular flexibility index (Phi) is 8.54. The third kappa shape index (κ3) is 6.20. The molecule has 212 valence electrons. The molecule has 9 nitrogen and oxygen atoms in total. The lowest BCUT2D eigenvalue weighted by atomic mass is 9.72. The van der Waals surface area contributed by atoms with Crippen LogP contribution < -0.4 is 5.73 Å². The molecule has 4 aromatic rings. The molecule has 1 fully saturated rings. The maximum absolute atomic E-state index is 11.5. The van der Waals surface area contributed by atoms with E-state index in [4.69, 9.17) is 10.5 Å². The second-order valence-electron chi connectivity index (χ2n) is 10.9. The summed E-state index contributed by atoms with van der Waals surface area (Å²) in [5.41, 5.74) is 7.74. The molecule has 1 saturated heterocycles. The highest BCUT2D eigenvalue weighted by molar-refractivity contribution is 5.73. The fourth-order valence-electron chi connectivity index (χ4n) is 5.77. The van der Waals surface area contributed by atoms with Gasteiger partial charge in [-0.3, -0.25) is 4.79 Å². The summed E-state index contributed by atoms with van der Waals surface area (Å²) in [4.78, 5) is 15.2. The van der Waals surface area contributed by atoms with Crippen LogP contribution in [0.4, 0.5) is 0 Å². The van der Waals surface area contributed by atoms with E-state index in [1.807, 2.05) is 49.0 Å². The van der Waals surface area contributed by atoms with E-state index in [1.54, 1.807) is 6.40 Å². The lowest BCUT2D eigenvalue weighted by Crippen LogP contribution is -2.46. The number of ether oxygens (including phenoxy) is 1. The first-order valence-corrected chi connectivity index (χ1v) is 14.0. The number of benzene rings is 3. The molecule has 1 aliphatic rings. The van der Waals surface area contributed by atoms with Gasteiger partial charge in [-0.2, -0.15) is 4.80 Å². The van der Waals surface area contributed by atoms with Gasteiger partial charge in [-0.05, 0) is 36.7 Å². The number of aromatic nitrogens is 4. The Balaban J connectivity index is 1.40. The number of nitrogens with zero attached hydrogens (tertiary/aromatic N) is 6. The topological polar surface area (TPSA) is 102 Å². The first kappa shape index (κ1) is 28.2. The number of hydrogen-bond donors (Lipinski definition) is 1. The zero-order valence-electron chi connectivity index (χ0n) is 23.8. The second-order valence-corrected chi connectivity index (χ2v) is 10.9. The summed E-state index contributed by atoms with van der Waals surface area (Å²) >= 11 is 0. The van der Waals surface area contributed by atoms with Crippen LogP contribution in [0.5, 0.6) is 0 Å². The average Bonchev–Trinajstić information content (AvgIpc) is 3.47. The van der Waals surface area contributed by atoms with E-state index in [2.05, 4.69) is 81.0 Å². The number of piperidine rings is 1. The zero-order valence-corrected chi connectivity index (χ0v) is 23.8. The molecule has 0 aliphatic carbocycles. The van der Waals surface area contributed by atoms with Crippen LogP contribution in [-0.4, -0.2) is 75.7 Å². The first-order chi connectivity index (χ1) is 19.9. The molecule has 1 aromatic heterocycles. The van der Waals surface area contributed by atoms with Crippen molar-refractivity contribution < 1.29 is 14.1 Å². The van der Waals surface area contributed by atoms with Crippen molar-refractivity contribution in [2.45, 2.75) is 36.8 Å². The Morgan fingerprint density at radius 3 is 2.05 bits per heavy atom. The molecule has 0 unspecified atom stereocenters. The summed E-state index contributed by atoms with van der Waals surface area (Å²) in [6.45, 7) is 2.47. The van der Waals surface area contributed by atoms with Crippen molar-refractivity contribution in [1.29, 1.82) is 0 Å². The molecule has 1 amide bonds. The van der Waals surface area contributed by atoms with Crippen LogP contribution in [0.25, 0.3) is 0 Å². The van der Waals surface area contributed by atoms with E-state index < -0.39 is 16.9 Å². The summed E-state index contributed by atoms with van der Waals surface area (Å²) < 4.78 is 8.61. The van der Waals surface area contributed by atoms with Gasteiger partial charge in [0.15, 0.2) is 11.4 Å². The van der Waals surface area contributed by atoms with Crippen LogP contribution >= 0.6 is 0 Å². The number of hydrogen-bond acceptors (Lipinski definition) is 6. The van der Waals surface area contributed by atoms with Gasteiger partial charge in [-0.15, -0.1) is 10.2 Å². The molecular formula is C32H38N7O2+. The van der Waals surface area contributed by atoms with Crippen molar-refractivity contribution in [3.05, 3.63) is 114 Å². The van der Waals surface area contributed by atoms with Gasteiger partial charge in [0, 0.05) is 24.1 Å². The van der Waals surface area contributed by atoms with Gasteiger partial charge < -0.3 is 15.4 Å². The van der Waals surface area contributed by atoms with Crippen molar-refractivity contribution in [1.82, 2.24) is 25.1 Å². The largest absolute Gasteiger partial charge is 0.434 e. The van der Waals surface area contributed by atoms with E-state index in [9.17, 15) is 4.79 Å². The molecule has 5 rings (SSSR count). The van der Waals surface area contributed by atoms with Crippen molar-refractivity contribution in [2.24, 2.45) is 5.73 Å². The molecule has 0 spiro atoms. The van der Waals surface area contributed by atoms with Gasteiger partial charge in [-0.1, -0.05) is 91.0 Å². The monoisotopic (exact) mass is 552 g/mol. The van der Waals surface area contributed by atoms with Crippen LogP contribution in [0.3, 0.4) is 0 Å². The molecule has 3 aromatic carbocycles. The van der Waals surface area contributed by atoms with Gasteiger partial charge in [0.2, 0.25) is 5.91 Å². The Labute approximate surface area is 241 Å². The Hall–Kier alpha value is -4.37. The van der Waals surface area contributed by atoms with Gasteiger partial charge >= 0.3 is 6.40 Å². The normalized spacial score (nSPS) is 15.3. The molecule has 2 N–H and O–H groups in total. The number of carbonyl (C=O) groups is 1. The molecule has 41 heavy (non-hydrogen) atoms. The Morgan fingerprint density at radius 1 is 0.951 bits per heavy atom. The quantitative estimate of drug-likeness (QED) is 0.174. The number of nitrogens with two attached hydrogens (primary N) is 1. The predicted octanol–water partition coefficient (Wildman–Crippen LogP) is 3.19. The highest BCUT2D eigenvalue weighted by atomic mass is 16.5. The zero-order chi connectivity index (χ0) is 28.7. The molecule has 2 heterocycles.